The number of aromatic nitrogens is 1. The lowest BCUT2D eigenvalue weighted by atomic mass is 10.2. The van der Waals surface area contributed by atoms with Crippen LogP contribution in [0, 0.1) is 0 Å². The molecule has 2 N–H and O–H groups in total. The Labute approximate surface area is 157 Å². The summed E-state index contributed by atoms with van der Waals surface area (Å²) in [6.07, 6.45) is 3.19. The van der Waals surface area contributed by atoms with E-state index in [4.69, 9.17) is 0 Å². The third-order valence-corrected chi connectivity index (χ3v) is 3.90. The number of carbonyl (C=O) groups is 2. The topological polar surface area (TPSA) is 74.3 Å². The second kappa shape index (κ2) is 8.14. The number of carbonyl (C=O) groups excluding carboxylic acids is 2. The summed E-state index contributed by atoms with van der Waals surface area (Å²) in [5.41, 5.74) is 3.44. The van der Waals surface area contributed by atoms with E-state index in [2.05, 4.69) is 15.6 Å². The molecule has 2 amide bonds. The smallest absolute Gasteiger partial charge is 0.259 e. The normalized spacial score (nSPS) is 10.1. The Morgan fingerprint density at radius 1 is 0.889 bits per heavy atom. The molecule has 6 heteroatoms. The molecule has 0 atom stereocenters. The lowest BCUT2D eigenvalue weighted by Crippen LogP contribution is -2.26. The first-order valence-electron chi connectivity index (χ1n) is 8.46. The number of nitrogens with one attached hydrogen (secondary N) is 2. The number of hydrogen-bond acceptors (Lipinski definition) is 4. The van der Waals surface area contributed by atoms with E-state index in [1.54, 1.807) is 36.5 Å². The van der Waals surface area contributed by atoms with Crippen LogP contribution in [-0.2, 0) is 4.79 Å². The molecule has 3 aromatic rings. The first-order chi connectivity index (χ1) is 13.0. The minimum atomic E-state index is -0.149. The van der Waals surface area contributed by atoms with Crippen molar-refractivity contribution in [1.29, 1.82) is 0 Å². The highest BCUT2D eigenvalue weighted by atomic mass is 16.2. The van der Waals surface area contributed by atoms with Gasteiger partial charge in [0.15, 0.2) is 0 Å². The summed E-state index contributed by atoms with van der Waals surface area (Å²) in [7, 11) is 1.73. The molecule has 0 bridgehead atoms. The van der Waals surface area contributed by atoms with Crippen LogP contribution in [0.2, 0.25) is 0 Å². The largest absolute Gasteiger partial charge is 0.354 e. The maximum atomic E-state index is 12.7. The predicted molar refractivity (Wildman–Crippen MR) is 107 cm³/mol. The molecule has 0 unspecified atom stereocenters. The molecule has 0 fully saturated rings. The number of anilines is 4. The minimum absolute atomic E-state index is 0.134. The number of benzene rings is 2. The molecule has 2 aromatic carbocycles. The Bertz CT molecular complexity index is 957. The molecule has 0 saturated heterocycles. The van der Waals surface area contributed by atoms with E-state index in [1.165, 1.54) is 6.92 Å². The van der Waals surface area contributed by atoms with Gasteiger partial charge in [-0.15, -0.1) is 0 Å². The molecule has 0 saturated carbocycles. The van der Waals surface area contributed by atoms with Crippen LogP contribution < -0.4 is 15.5 Å². The number of pyridine rings is 1. The number of hydrogen-bond donors (Lipinski definition) is 2. The Morgan fingerprint density at radius 3 is 2.37 bits per heavy atom. The molecule has 0 aliphatic carbocycles. The molecule has 1 heterocycles. The van der Waals surface area contributed by atoms with Crippen molar-refractivity contribution >= 4 is 34.6 Å². The van der Waals surface area contributed by atoms with Crippen LogP contribution in [-0.4, -0.2) is 23.8 Å². The summed E-state index contributed by atoms with van der Waals surface area (Å²) < 4.78 is 0. The quantitative estimate of drug-likeness (QED) is 0.719. The summed E-state index contributed by atoms with van der Waals surface area (Å²) in [6, 6.07) is 18.5. The molecule has 1 aromatic heterocycles. The second-order valence-electron chi connectivity index (χ2n) is 6.05. The summed E-state index contributed by atoms with van der Waals surface area (Å²) >= 11 is 0. The first-order valence-corrected chi connectivity index (χ1v) is 8.46. The van der Waals surface area contributed by atoms with Gasteiger partial charge in [0.2, 0.25) is 5.91 Å². The van der Waals surface area contributed by atoms with Crippen LogP contribution in [0.5, 0.6) is 0 Å². The van der Waals surface area contributed by atoms with Gasteiger partial charge in [0.05, 0.1) is 17.4 Å². The zero-order valence-corrected chi connectivity index (χ0v) is 15.1. The molecule has 136 valence electrons. The standard InChI is InChI=1S/C21H20N4O2/c1-15(26)23-17-7-6-8-18(12-17)24-19-11-16(13-22-14-19)21(27)25(2)20-9-4-3-5-10-20/h3-14,24H,1-2H3,(H,23,26). The molecule has 27 heavy (non-hydrogen) atoms. The van der Waals surface area contributed by atoms with Crippen molar-refractivity contribution in [2.75, 3.05) is 22.6 Å². The summed E-state index contributed by atoms with van der Waals surface area (Å²) in [4.78, 5) is 29.7. The first kappa shape index (κ1) is 18.1. The van der Waals surface area contributed by atoms with Gasteiger partial charge in [-0.3, -0.25) is 14.6 Å². The Kier molecular flexibility index (Phi) is 5.47. The Hall–Kier alpha value is -3.67. The van der Waals surface area contributed by atoms with Crippen molar-refractivity contribution < 1.29 is 9.59 Å². The molecule has 0 aliphatic rings. The van der Waals surface area contributed by atoms with E-state index in [1.807, 2.05) is 48.5 Å². The lowest BCUT2D eigenvalue weighted by molar-refractivity contribution is -0.114. The lowest BCUT2D eigenvalue weighted by Gasteiger charge is -2.17. The fraction of sp³-hybridized carbons (Fsp3) is 0.0952. The average Bonchev–Trinajstić information content (AvgIpc) is 2.67. The van der Waals surface area contributed by atoms with Crippen LogP contribution in [0.1, 0.15) is 17.3 Å². The third kappa shape index (κ3) is 4.70. The van der Waals surface area contributed by atoms with Crippen molar-refractivity contribution in [3.8, 4) is 0 Å². The molecule has 0 aliphatic heterocycles. The minimum Gasteiger partial charge on any atom is -0.354 e. The van der Waals surface area contributed by atoms with E-state index in [0.717, 1.165) is 11.4 Å². The van der Waals surface area contributed by atoms with Crippen LogP contribution in [0.3, 0.4) is 0 Å². The summed E-state index contributed by atoms with van der Waals surface area (Å²) in [5, 5.41) is 5.95. The summed E-state index contributed by atoms with van der Waals surface area (Å²) in [6.45, 7) is 1.46. The van der Waals surface area contributed by atoms with Crippen molar-refractivity contribution in [3.05, 3.63) is 78.6 Å². The maximum absolute atomic E-state index is 12.7. The van der Waals surface area contributed by atoms with E-state index < -0.39 is 0 Å². The monoisotopic (exact) mass is 360 g/mol. The molecule has 6 nitrogen and oxygen atoms in total. The van der Waals surface area contributed by atoms with Crippen LogP contribution in [0.25, 0.3) is 0 Å². The number of rotatable bonds is 5. The van der Waals surface area contributed by atoms with Crippen LogP contribution in [0.4, 0.5) is 22.7 Å². The molecule has 0 radical (unpaired) electrons. The molecular weight excluding hydrogens is 340 g/mol. The summed E-state index contributed by atoms with van der Waals surface area (Å²) in [5.74, 6) is -0.283. The number of para-hydroxylation sites is 1. The van der Waals surface area contributed by atoms with E-state index in [0.29, 0.717) is 16.9 Å². The van der Waals surface area contributed by atoms with Gasteiger partial charge < -0.3 is 15.5 Å². The van der Waals surface area contributed by atoms with Crippen LogP contribution in [0.15, 0.2) is 73.1 Å². The SMILES string of the molecule is CC(=O)Nc1cccc(Nc2cncc(C(=O)N(C)c3ccccc3)c2)c1. The third-order valence-electron chi connectivity index (χ3n) is 3.90. The highest BCUT2D eigenvalue weighted by molar-refractivity contribution is 6.06. The van der Waals surface area contributed by atoms with Gasteiger partial charge in [-0.2, -0.15) is 0 Å². The fourth-order valence-electron chi connectivity index (χ4n) is 2.63. The van der Waals surface area contributed by atoms with Gasteiger partial charge in [-0.25, -0.2) is 0 Å². The highest BCUT2D eigenvalue weighted by Gasteiger charge is 2.14. The van der Waals surface area contributed by atoms with E-state index >= 15 is 0 Å². The Balaban J connectivity index is 1.78. The van der Waals surface area contributed by atoms with Gasteiger partial charge in [0.1, 0.15) is 0 Å². The van der Waals surface area contributed by atoms with Crippen molar-refractivity contribution in [2.45, 2.75) is 6.92 Å². The van der Waals surface area contributed by atoms with Gasteiger partial charge in [0, 0.05) is 37.2 Å². The number of nitrogens with zero attached hydrogens (tertiary/aromatic N) is 2. The maximum Gasteiger partial charge on any atom is 0.259 e. The zero-order valence-electron chi connectivity index (χ0n) is 15.1. The van der Waals surface area contributed by atoms with Crippen molar-refractivity contribution in [1.82, 2.24) is 4.98 Å². The van der Waals surface area contributed by atoms with Gasteiger partial charge in [0.25, 0.3) is 5.91 Å². The number of amides is 2. The van der Waals surface area contributed by atoms with Crippen LogP contribution >= 0.6 is 0 Å². The van der Waals surface area contributed by atoms with E-state index in [9.17, 15) is 9.59 Å². The zero-order chi connectivity index (χ0) is 19.2. The van der Waals surface area contributed by atoms with Gasteiger partial charge in [-0.05, 0) is 36.4 Å². The van der Waals surface area contributed by atoms with Gasteiger partial charge >= 0.3 is 0 Å². The van der Waals surface area contributed by atoms with Crippen molar-refractivity contribution in [2.24, 2.45) is 0 Å². The fourth-order valence-corrected chi connectivity index (χ4v) is 2.63. The molecular formula is C21H20N4O2. The van der Waals surface area contributed by atoms with Crippen molar-refractivity contribution in [3.63, 3.8) is 0 Å². The van der Waals surface area contributed by atoms with E-state index in [-0.39, 0.29) is 11.8 Å². The average molecular weight is 360 g/mol. The molecule has 3 rings (SSSR count). The predicted octanol–water partition coefficient (Wildman–Crippen LogP) is 4.06. The second-order valence-corrected chi connectivity index (χ2v) is 6.05. The Morgan fingerprint density at radius 2 is 1.63 bits per heavy atom. The molecule has 0 spiro atoms. The van der Waals surface area contributed by atoms with Gasteiger partial charge in [-0.1, -0.05) is 24.3 Å². The highest BCUT2D eigenvalue weighted by Crippen LogP contribution is 2.21.